The summed E-state index contributed by atoms with van der Waals surface area (Å²) in [5.41, 5.74) is 1.82. The maximum atomic E-state index is 12.2. The zero-order chi connectivity index (χ0) is 16.8. The average molecular weight is 337 g/mol. The molecule has 0 saturated heterocycles. The highest BCUT2D eigenvalue weighted by Gasteiger charge is 2.24. The Labute approximate surface area is 134 Å². The monoisotopic (exact) mass is 337 g/mol. The van der Waals surface area contributed by atoms with Crippen LogP contribution in [-0.4, -0.2) is 36.1 Å². The maximum absolute atomic E-state index is 12.2. The Morgan fingerprint density at radius 2 is 2.13 bits per heavy atom. The first-order valence-electron chi connectivity index (χ1n) is 7.34. The average Bonchev–Trinajstić information content (AvgIpc) is 2.76. The molecule has 0 amide bonds. The summed E-state index contributed by atoms with van der Waals surface area (Å²) < 4.78 is 28.8. The summed E-state index contributed by atoms with van der Waals surface area (Å²) >= 11 is 0. The van der Waals surface area contributed by atoms with Gasteiger partial charge in [0.05, 0.1) is 17.8 Å². The minimum absolute atomic E-state index is 0.257. The molecule has 23 heavy (non-hydrogen) atoms. The quantitative estimate of drug-likeness (QED) is 0.838. The maximum Gasteiger partial charge on any atom is 0.256 e. The molecule has 2 aromatic heterocycles. The van der Waals surface area contributed by atoms with Crippen LogP contribution in [0, 0.1) is 13.8 Å². The number of aromatic amines is 1. The van der Waals surface area contributed by atoms with Crippen molar-refractivity contribution in [3.63, 3.8) is 0 Å². The van der Waals surface area contributed by atoms with Crippen molar-refractivity contribution in [2.45, 2.75) is 38.5 Å². The number of aromatic nitrogens is 2. The van der Waals surface area contributed by atoms with Gasteiger partial charge >= 0.3 is 0 Å². The van der Waals surface area contributed by atoms with Crippen LogP contribution in [0.2, 0.25) is 0 Å². The van der Waals surface area contributed by atoms with Gasteiger partial charge in [-0.25, -0.2) is 13.4 Å². The molecule has 0 aromatic carbocycles. The topological polar surface area (TPSA) is 96.3 Å². The fraction of sp³-hybridized carbons (Fsp3) is 0.467. The van der Waals surface area contributed by atoms with Gasteiger partial charge in [-0.05, 0) is 25.5 Å². The molecule has 0 saturated carbocycles. The second-order valence-electron chi connectivity index (χ2n) is 5.98. The molecule has 0 atom stereocenters. The number of furan rings is 1. The first kappa shape index (κ1) is 15.9. The molecule has 8 heteroatoms. The van der Waals surface area contributed by atoms with E-state index >= 15 is 0 Å². The molecule has 0 bridgehead atoms. The van der Waals surface area contributed by atoms with Gasteiger partial charge in [0, 0.05) is 25.8 Å². The molecule has 7 nitrogen and oxygen atoms in total. The van der Waals surface area contributed by atoms with Crippen LogP contribution in [0.25, 0.3) is 0 Å². The third-order valence-corrected chi connectivity index (χ3v) is 4.97. The number of nitrogens with zero attached hydrogens (tertiary/aromatic N) is 2. The van der Waals surface area contributed by atoms with E-state index in [2.05, 4.69) is 14.9 Å². The van der Waals surface area contributed by atoms with E-state index in [-0.39, 0.29) is 10.7 Å². The van der Waals surface area contributed by atoms with Gasteiger partial charge in [-0.3, -0.25) is 14.7 Å². The molecule has 0 radical (unpaired) electrons. The SMILES string of the molecule is Cc1cc(CN2CCc3nc(S(C)(=O)=O)[nH]c(=O)c3C2)oc1C. The van der Waals surface area contributed by atoms with Crippen molar-refractivity contribution in [3.8, 4) is 0 Å². The number of nitrogens with one attached hydrogen (secondary N) is 1. The Bertz CT molecular complexity index is 892. The fourth-order valence-electron chi connectivity index (χ4n) is 2.72. The van der Waals surface area contributed by atoms with Crippen LogP contribution >= 0.6 is 0 Å². The molecule has 0 fully saturated rings. The highest BCUT2D eigenvalue weighted by atomic mass is 32.2. The van der Waals surface area contributed by atoms with Crippen molar-refractivity contribution in [2.24, 2.45) is 0 Å². The number of hydrogen-bond acceptors (Lipinski definition) is 6. The van der Waals surface area contributed by atoms with Crippen molar-refractivity contribution >= 4 is 9.84 Å². The van der Waals surface area contributed by atoms with Crippen molar-refractivity contribution in [3.05, 3.63) is 44.8 Å². The molecule has 124 valence electrons. The van der Waals surface area contributed by atoms with Crippen molar-refractivity contribution < 1.29 is 12.8 Å². The number of sulfone groups is 1. The lowest BCUT2D eigenvalue weighted by molar-refractivity contribution is 0.220. The third kappa shape index (κ3) is 3.23. The summed E-state index contributed by atoms with van der Waals surface area (Å²) in [5.74, 6) is 1.76. The van der Waals surface area contributed by atoms with Gasteiger partial charge in [-0.1, -0.05) is 0 Å². The lowest BCUT2D eigenvalue weighted by Crippen LogP contribution is -2.36. The Hall–Kier alpha value is -1.93. The highest BCUT2D eigenvalue weighted by molar-refractivity contribution is 7.90. The molecular weight excluding hydrogens is 318 g/mol. The van der Waals surface area contributed by atoms with E-state index in [9.17, 15) is 13.2 Å². The first-order chi connectivity index (χ1) is 10.7. The molecule has 0 aliphatic carbocycles. The van der Waals surface area contributed by atoms with Crippen molar-refractivity contribution in [1.29, 1.82) is 0 Å². The summed E-state index contributed by atoms with van der Waals surface area (Å²) in [6, 6.07) is 2.00. The molecule has 2 aromatic rings. The number of fused-ring (bicyclic) bond motifs is 1. The second kappa shape index (κ2) is 5.61. The molecule has 0 spiro atoms. The molecule has 1 aliphatic heterocycles. The largest absolute Gasteiger partial charge is 0.465 e. The Morgan fingerprint density at radius 1 is 1.39 bits per heavy atom. The minimum Gasteiger partial charge on any atom is -0.465 e. The lowest BCUT2D eigenvalue weighted by atomic mass is 10.1. The van der Waals surface area contributed by atoms with Crippen LogP contribution in [0.5, 0.6) is 0 Å². The molecule has 3 heterocycles. The highest BCUT2D eigenvalue weighted by Crippen LogP contribution is 2.20. The van der Waals surface area contributed by atoms with Gasteiger partial charge in [0.2, 0.25) is 15.0 Å². The predicted molar refractivity (Wildman–Crippen MR) is 84.0 cm³/mol. The molecule has 0 unspecified atom stereocenters. The summed E-state index contributed by atoms with van der Waals surface area (Å²) in [4.78, 5) is 20.8. The third-order valence-electron chi connectivity index (χ3n) is 4.07. The van der Waals surface area contributed by atoms with E-state index < -0.39 is 9.84 Å². The molecule has 1 aliphatic rings. The van der Waals surface area contributed by atoms with Crippen LogP contribution < -0.4 is 5.56 Å². The van der Waals surface area contributed by atoms with Crippen molar-refractivity contribution in [2.75, 3.05) is 12.8 Å². The summed E-state index contributed by atoms with van der Waals surface area (Å²) in [7, 11) is -3.52. The van der Waals surface area contributed by atoms with Gasteiger partial charge in [-0.15, -0.1) is 0 Å². The van der Waals surface area contributed by atoms with Crippen LogP contribution in [0.4, 0.5) is 0 Å². The number of hydrogen-bond donors (Lipinski definition) is 1. The van der Waals surface area contributed by atoms with E-state index in [1.165, 1.54) is 0 Å². The Morgan fingerprint density at radius 3 is 2.74 bits per heavy atom. The van der Waals surface area contributed by atoms with Gasteiger partial charge in [0.15, 0.2) is 0 Å². The summed E-state index contributed by atoms with van der Waals surface area (Å²) in [6.45, 7) is 5.66. The zero-order valence-corrected chi connectivity index (χ0v) is 14.2. The number of rotatable bonds is 3. The number of aryl methyl sites for hydroxylation is 2. The lowest BCUT2D eigenvalue weighted by Gasteiger charge is -2.26. The molecule has 1 N–H and O–H groups in total. The van der Waals surface area contributed by atoms with Crippen LogP contribution in [0.1, 0.15) is 28.3 Å². The number of H-pyrrole nitrogens is 1. The minimum atomic E-state index is -3.52. The van der Waals surface area contributed by atoms with E-state index in [1.807, 2.05) is 19.9 Å². The van der Waals surface area contributed by atoms with E-state index in [0.29, 0.717) is 37.3 Å². The zero-order valence-electron chi connectivity index (χ0n) is 13.3. The van der Waals surface area contributed by atoms with Gasteiger partial charge in [0.25, 0.3) is 5.56 Å². The van der Waals surface area contributed by atoms with Crippen LogP contribution in [0.3, 0.4) is 0 Å². The van der Waals surface area contributed by atoms with Gasteiger partial charge in [0.1, 0.15) is 11.5 Å². The van der Waals surface area contributed by atoms with Gasteiger partial charge in [-0.2, -0.15) is 0 Å². The van der Waals surface area contributed by atoms with Crippen LogP contribution in [-0.2, 0) is 29.3 Å². The smallest absolute Gasteiger partial charge is 0.256 e. The predicted octanol–water partition coefficient (Wildman–Crippen LogP) is 0.942. The standard InChI is InChI=1S/C15H19N3O4S/c1-9-6-11(22-10(9)2)7-18-5-4-13-12(8-18)14(19)17-15(16-13)23(3,20)21/h6H,4-5,7-8H2,1-3H3,(H,16,17,19). The molecule has 3 rings (SSSR count). The molecular formula is C15H19N3O4S. The Kier molecular flexibility index (Phi) is 3.89. The second-order valence-corrected chi connectivity index (χ2v) is 7.91. The first-order valence-corrected chi connectivity index (χ1v) is 9.23. The van der Waals surface area contributed by atoms with E-state index in [1.54, 1.807) is 0 Å². The van der Waals surface area contributed by atoms with Gasteiger partial charge < -0.3 is 4.42 Å². The summed E-state index contributed by atoms with van der Waals surface area (Å²) in [6.07, 6.45) is 1.58. The van der Waals surface area contributed by atoms with E-state index in [4.69, 9.17) is 4.42 Å². The normalized spacial score (nSPS) is 15.6. The summed E-state index contributed by atoms with van der Waals surface area (Å²) in [5, 5.41) is -0.257. The van der Waals surface area contributed by atoms with E-state index in [0.717, 1.165) is 23.3 Å². The fourth-order valence-corrected chi connectivity index (χ4v) is 3.27. The van der Waals surface area contributed by atoms with Crippen LogP contribution in [0.15, 0.2) is 20.4 Å². The van der Waals surface area contributed by atoms with Crippen molar-refractivity contribution in [1.82, 2.24) is 14.9 Å². The Balaban J connectivity index is 1.85.